The van der Waals surface area contributed by atoms with Crippen molar-refractivity contribution in [2.75, 3.05) is 0 Å². The Kier molecular flexibility index (Phi) is 4.02. The molecule has 111 valence electrons. The van der Waals surface area contributed by atoms with Gasteiger partial charge >= 0.3 is 6.54 Å². The van der Waals surface area contributed by atoms with Gasteiger partial charge in [0.15, 0.2) is 0 Å². The molecule has 0 fully saturated rings. The molecule has 0 saturated heterocycles. The summed E-state index contributed by atoms with van der Waals surface area (Å²) in [4.78, 5) is 9.98. The summed E-state index contributed by atoms with van der Waals surface area (Å²) in [7, 11) is 0. The quantitative estimate of drug-likeness (QED) is 0.399. The van der Waals surface area contributed by atoms with Crippen LogP contribution in [0, 0.1) is 16.7 Å². The summed E-state index contributed by atoms with van der Waals surface area (Å²) in [6.45, 7) is 2.98. The van der Waals surface area contributed by atoms with Crippen molar-refractivity contribution < 1.29 is 9.66 Å². The molecule has 3 aromatic carbocycles. The molecule has 1 atom stereocenters. The summed E-state index contributed by atoms with van der Waals surface area (Å²) in [6, 6.07) is 18.6. The lowest BCUT2D eigenvalue weighted by Crippen LogP contribution is -2.14. The second-order valence-corrected chi connectivity index (χ2v) is 5.29. The van der Waals surface area contributed by atoms with Crippen molar-refractivity contribution in [3.63, 3.8) is 0 Å². The Morgan fingerprint density at radius 2 is 1.77 bits per heavy atom. The van der Waals surface area contributed by atoms with Crippen LogP contribution < -0.4 is 0 Å². The van der Waals surface area contributed by atoms with Crippen molar-refractivity contribution in [2.45, 2.75) is 19.6 Å². The zero-order chi connectivity index (χ0) is 15.5. The largest absolute Gasteiger partial charge is 0.366 e. The lowest BCUT2D eigenvalue weighted by atomic mass is 10.00. The van der Waals surface area contributed by atoms with Crippen LogP contribution in [0.5, 0.6) is 0 Å². The number of nitro groups is 1. The van der Waals surface area contributed by atoms with Gasteiger partial charge in [-0.25, -0.2) is 0 Å². The van der Waals surface area contributed by atoms with Crippen LogP contribution in [-0.2, 0) is 11.3 Å². The number of nitrogens with zero attached hydrogens (tertiary/aromatic N) is 1. The van der Waals surface area contributed by atoms with Gasteiger partial charge in [0.25, 0.3) is 0 Å². The van der Waals surface area contributed by atoms with E-state index in [9.17, 15) is 10.1 Å². The van der Waals surface area contributed by atoms with E-state index in [0.29, 0.717) is 6.61 Å². The molecule has 0 aliphatic rings. The van der Waals surface area contributed by atoms with E-state index in [2.05, 4.69) is 30.3 Å². The minimum absolute atomic E-state index is 0.348. The Hall–Kier alpha value is -2.46. The number of fused-ring (bicyclic) bond motifs is 2. The van der Waals surface area contributed by atoms with Gasteiger partial charge in [-0.1, -0.05) is 42.5 Å². The van der Waals surface area contributed by atoms with Crippen molar-refractivity contribution in [1.29, 1.82) is 0 Å². The Morgan fingerprint density at radius 1 is 1.09 bits per heavy atom. The highest BCUT2D eigenvalue weighted by molar-refractivity contribution is 5.99. The first-order valence-electron chi connectivity index (χ1n) is 7.14. The molecule has 4 nitrogen and oxygen atoms in total. The topological polar surface area (TPSA) is 52.4 Å². The number of ether oxygens (including phenoxy) is 1. The van der Waals surface area contributed by atoms with Crippen LogP contribution in [0.25, 0.3) is 21.5 Å². The molecule has 0 heterocycles. The first-order valence-corrected chi connectivity index (χ1v) is 7.14. The summed E-state index contributed by atoms with van der Waals surface area (Å²) in [5.41, 5.74) is 1.03. The van der Waals surface area contributed by atoms with Crippen molar-refractivity contribution in [3.05, 3.63) is 76.8 Å². The van der Waals surface area contributed by atoms with Crippen LogP contribution in [0.15, 0.2) is 54.6 Å². The number of benzene rings is 3. The molecular formula is C18H16NO3. The molecule has 1 radical (unpaired) electrons. The first kappa shape index (κ1) is 14.5. The van der Waals surface area contributed by atoms with Crippen LogP contribution in [-0.4, -0.2) is 11.0 Å². The second kappa shape index (κ2) is 6.12. The summed E-state index contributed by atoms with van der Waals surface area (Å²) in [6.07, 6.45) is -0.522. The fourth-order valence-electron chi connectivity index (χ4n) is 2.59. The fraction of sp³-hybridized carbons (Fsp3) is 0.167. The molecule has 22 heavy (non-hydrogen) atoms. The van der Waals surface area contributed by atoms with Gasteiger partial charge in [-0.05, 0) is 46.2 Å². The summed E-state index contributed by atoms with van der Waals surface area (Å²) in [5.74, 6) is 0. The third kappa shape index (κ3) is 3.07. The second-order valence-electron chi connectivity index (χ2n) is 5.29. The molecule has 0 saturated carbocycles. The standard InChI is InChI=1S/C18H16NO3/c1-13(11-19(20)21)22-12-17-8-4-7-16-9-14-5-2-3-6-15(14)10-18(16)17/h2-11,13H,12H2,1H3. The van der Waals surface area contributed by atoms with E-state index in [1.54, 1.807) is 6.92 Å². The fourth-order valence-corrected chi connectivity index (χ4v) is 2.59. The molecule has 0 N–H and O–H groups in total. The van der Waals surface area contributed by atoms with Gasteiger partial charge in [0.05, 0.1) is 6.61 Å². The monoisotopic (exact) mass is 294 g/mol. The minimum atomic E-state index is -0.522. The first-order chi connectivity index (χ1) is 10.6. The van der Waals surface area contributed by atoms with E-state index < -0.39 is 11.0 Å². The molecule has 3 rings (SSSR count). The highest BCUT2D eigenvalue weighted by atomic mass is 16.6. The average Bonchev–Trinajstić information content (AvgIpc) is 2.50. The van der Waals surface area contributed by atoms with Crippen LogP contribution in [0.4, 0.5) is 0 Å². The maximum Gasteiger partial charge on any atom is 0.306 e. The third-order valence-corrected chi connectivity index (χ3v) is 3.67. The van der Waals surface area contributed by atoms with Gasteiger partial charge in [-0.3, -0.25) is 10.1 Å². The molecule has 0 aliphatic carbocycles. The lowest BCUT2D eigenvalue weighted by molar-refractivity contribution is -0.447. The maximum atomic E-state index is 10.4. The van der Waals surface area contributed by atoms with E-state index >= 15 is 0 Å². The van der Waals surface area contributed by atoms with E-state index in [1.807, 2.05) is 24.3 Å². The summed E-state index contributed by atoms with van der Waals surface area (Å²) in [5, 5.41) is 15.1. The van der Waals surface area contributed by atoms with Crippen LogP contribution in [0.3, 0.4) is 0 Å². The molecule has 4 heteroatoms. The van der Waals surface area contributed by atoms with E-state index in [-0.39, 0.29) is 0 Å². The third-order valence-electron chi connectivity index (χ3n) is 3.67. The van der Waals surface area contributed by atoms with Crippen molar-refractivity contribution in [2.24, 2.45) is 0 Å². The molecule has 0 spiro atoms. The molecule has 0 aliphatic heterocycles. The maximum absolute atomic E-state index is 10.4. The average molecular weight is 294 g/mol. The smallest absolute Gasteiger partial charge is 0.306 e. The SMILES string of the molecule is CC([CH][N+](=O)[O-])OCc1cccc2cc3ccccc3cc12. The van der Waals surface area contributed by atoms with Crippen LogP contribution in [0.2, 0.25) is 0 Å². The van der Waals surface area contributed by atoms with Crippen molar-refractivity contribution in [3.8, 4) is 0 Å². The van der Waals surface area contributed by atoms with Gasteiger partial charge in [-0.2, -0.15) is 0 Å². The Bertz CT molecular complexity index is 829. The summed E-state index contributed by atoms with van der Waals surface area (Å²) < 4.78 is 5.56. The van der Waals surface area contributed by atoms with Crippen molar-refractivity contribution in [1.82, 2.24) is 0 Å². The molecule has 0 bridgehead atoms. The van der Waals surface area contributed by atoms with Crippen LogP contribution in [0.1, 0.15) is 12.5 Å². The lowest BCUT2D eigenvalue weighted by Gasteiger charge is -2.11. The predicted molar refractivity (Wildman–Crippen MR) is 87.0 cm³/mol. The Morgan fingerprint density at radius 3 is 2.50 bits per heavy atom. The Labute approximate surface area is 128 Å². The molecule has 3 aromatic rings. The van der Waals surface area contributed by atoms with Gasteiger partial charge in [0, 0.05) is 4.92 Å². The minimum Gasteiger partial charge on any atom is -0.366 e. The van der Waals surface area contributed by atoms with Gasteiger partial charge < -0.3 is 4.74 Å². The number of rotatable bonds is 5. The molecule has 0 aromatic heterocycles. The predicted octanol–water partition coefficient (Wildman–Crippen LogP) is 4.34. The summed E-state index contributed by atoms with van der Waals surface area (Å²) >= 11 is 0. The van der Waals surface area contributed by atoms with E-state index in [4.69, 9.17) is 4.74 Å². The number of hydrogen-bond donors (Lipinski definition) is 0. The zero-order valence-electron chi connectivity index (χ0n) is 12.2. The Balaban J connectivity index is 1.92. The van der Waals surface area contributed by atoms with E-state index in [0.717, 1.165) is 22.9 Å². The van der Waals surface area contributed by atoms with Crippen molar-refractivity contribution >= 4 is 21.5 Å². The molecule has 0 amide bonds. The zero-order valence-corrected chi connectivity index (χ0v) is 12.2. The number of hydrogen-bond acceptors (Lipinski definition) is 3. The van der Waals surface area contributed by atoms with Gasteiger partial charge in [0.1, 0.15) is 6.10 Å². The van der Waals surface area contributed by atoms with E-state index in [1.165, 1.54) is 10.8 Å². The van der Waals surface area contributed by atoms with Gasteiger partial charge in [-0.15, -0.1) is 0 Å². The normalized spacial score (nSPS) is 12.6. The van der Waals surface area contributed by atoms with Gasteiger partial charge in [0.2, 0.25) is 0 Å². The highest BCUT2D eigenvalue weighted by Gasteiger charge is 2.12. The molecular weight excluding hydrogens is 278 g/mol. The highest BCUT2D eigenvalue weighted by Crippen LogP contribution is 2.26. The van der Waals surface area contributed by atoms with Crippen LogP contribution >= 0.6 is 0 Å². The molecule has 1 unspecified atom stereocenters.